The van der Waals surface area contributed by atoms with Gasteiger partial charge in [0.2, 0.25) is 0 Å². The van der Waals surface area contributed by atoms with Crippen LogP contribution in [0.5, 0.6) is 5.75 Å². The Hall–Kier alpha value is -1.51. The van der Waals surface area contributed by atoms with Crippen molar-refractivity contribution in [3.05, 3.63) is 28.8 Å². The summed E-state index contributed by atoms with van der Waals surface area (Å²) in [5.41, 5.74) is 2.48. The van der Waals surface area contributed by atoms with E-state index in [0.717, 1.165) is 11.1 Å². The van der Waals surface area contributed by atoms with Crippen LogP contribution in [0.25, 0.3) is 0 Å². The van der Waals surface area contributed by atoms with Gasteiger partial charge in [0.1, 0.15) is 5.75 Å². The average molecular weight is 208 g/mol. The van der Waals surface area contributed by atoms with Gasteiger partial charge < -0.3 is 10.2 Å². The molecule has 1 aromatic carbocycles. The Labute approximate surface area is 89.4 Å². The predicted octanol–water partition coefficient (Wildman–Crippen LogP) is 2.59. The third kappa shape index (κ3) is 2.29. The van der Waals surface area contributed by atoms with Crippen LogP contribution in [0.15, 0.2) is 12.1 Å². The van der Waals surface area contributed by atoms with Crippen LogP contribution >= 0.6 is 0 Å². The van der Waals surface area contributed by atoms with E-state index in [1.54, 1.807) is 19.1 Å². The van der Waals surface area contributed by atoms with Crippen LogP contribution in [0.2, 0.25) is 0 Å². The van der Waals surface area contributed by atoms with Gasteiger partial charge in [-0.2, -0.15) is 0 Å². The van der Waals surface area contributed by atoms with Crippen molar-refractivity contribution in [3.8, 4) is 5.75 Å². The van der Waals surface area contributed by atoms with Gasteiger partial charge >= 0.3 is 5.97 Å². The van der Waals surface area contributed by atoms with Gasteiger partial charge in [0, 0.05) is 5.56 Å². The zero-order valence-corrected chi connectivity index (χ0v) is 9.24. The molecule has 0 saturated carbocycles. The predicted molar refractivity (Wildman–Crippen MR) is 58.2 cm³/mol. The molecule has 0 aliphatic carbocycles. The normalized spacial score (nSPS) is 12.5. The Kier molecular flexibility index (Phi) is 3.35. The molecule has 1 rings (SSSR count). The molecule has 1 aromatic rings. The second-order valence-electron chi connectivity index (χ2n) is 3.79. The number of aryl methyl sites for hydroxylation is 2. The summed E-state index contributed by atoms with van der Waals surface area (Å²) in [6, 6.07) is 3.38. The number of carboxylic acids is 1. The topological polar surface area (TPSA) is 57.5 Å². The maximum Gasteiger partial charge on any atom is 0.311 e. The second kappa shape index (κ2) is 4.34. The first-order valence-electron chi connectivity index (χ1n) is 5.00. The maximum atomic E-state index is 11.0. The largest absolute Gasteiger partial charge is 0.508 e. The highest BCUT2D eigenvalue weighted by Gasteiger charge is 2.21. The third-order valence-electron chi connectivity index (χ3n) is 2.72. The minimum Gasteiger partial charge on any atom is -0.508 e. The van der Waals surface area contributed by atoms with E-state index in [1.807, 2.05) is 13.8 Å². The summed E-state index contributed by atoms with van der Waals surface area (Å²) < 4.78 is 0. The fourth-order valence-corrected chi connectivity index (χ4v) is 1.63. The molecule has 1 unspecified atom stereocenters. The highest BCUT2D eigenvalue weighted by molar-refractivity contribution is 5.77. The molecular formula is C12H16O3. The lowest BCUT2D eigenvalue weighted by Crippen LogP contribution is -2.11. The number of phenolic OH excluding ortho intramolecular Hbond substituents is 1. The monoisotopic (exact) mass is 208 g/mol. The van der Waals surface area contributed by atoms with Crippen molar-refractivity contribution in [1.82, 2.24) is 0 Å². The second-order valence-corrected chi connectivity index (χ2v) is 3.79. The van der Waals surface area contributed by atoms with Crippen molar-refractivity contribution in [3.63, 3.8) is 0 Å². The van der Waals surface area contributed by atoms with Crippen LogP contribution < -0.4 is 0 Å². The molecule has 0 radical (unpaired) electrons. The van der Waals surface area contributed by atoms with Gasteiger partial charge in [-0.05, 0) is 37.5 Å². The van der Waals surface area contributed by atoms with E-state index < -0.39 is 11.9 Å². The number of aromatic hydroxyl groups is 1. The van der Waals surface area contributed by atoms with Crippen molar-refractivity contribution >= 4 is 5.97 Å². The summed E-state index contributed by atoms with van der Waals surface area (Å²) in [6.45, 7) is 5.60. The maximum absolute atomic E-state index is 11.0. The summed E-state index contributed by atoms with van der Waals surface area (Å²) >= 11 is 0. The van der Waals surface area contributed by atoms with Crippen molar-refractivity contribution in [2.75, 3.05) is 0 Å². The summed E-state index contributed by atoms with van der Waals surface area (Å²) in [5.74, 6) is -1.44. The summed E-state index contributed by atoms with van der Waals surface area (Å²) in [6.07, 6.45) is 0.478. The standard InChI is InChI=1S/C12H16O3/c1-4-9(12(14)15)10-5-7(2)8(3)6-11(10)13/h5-6,9,13H,4H2,1-3H3,(H,14,15). The lowest BCUT2D eigenvalue weighted by molar-refractivity contribution is -0.138. The van der Waals surface area contributed by atoms with Gasteiger partial charge in [-0.1, -0.05) is 13.0 Å². The number of hydrogen-bond donors (Lipinski definition) is 2. The molecule has 0 spiro atoms. The van der Waals surface area contributed by atoms with E-state index in [1.165, 1.54) is 0 Å². The van der Waals surface area contributed by atoms with Gasteiger partial charge in [0.05, 0.1) is 5.92 Å². The van der Waals surface area contributed by atoms with Crippen LogP contribution in [-0.2, 0) is 4.79 Å². The quantitative estimate of drug-likeness (QED) is 0.802. The number of carbonyl (C=O) groups is 1. The zero-order chi connectivity index (χ0) is 11.6. The molecule has 0 fully saturated rings. The molecule has 0 aliphatic rings. The first kappa shape index (κ1) is 11.6. The number of rotatable bonds is 3. The molecule has 82 valence electrons. The van der Waals surface area contributed by atoms with Crippen molar-refractivity contribution in [2.45, 2.75) is 33.1 Å². The van der Waals surface area contributed by atoms with E-state index >= 15 is 0 Å². The number of aliphatic carboxylic acids is 1. The first-order chi connectivity index (χ1) is 6.97. The molecule has 0 aromatic heterocycles. The van der Waals surface area contributed by atoms with E-state index in [9.17, 15) is 9.90 Å². The van der Waals surface area contributed by atoms with Crippen LogP contribution in [0.1, 0.15) is 36.0 Å². The summed E-state index contributed by atoms with van der Waals surface area (Å²) in [4.78, 5) is 11.0. The SMILES string of the molecule is CCC(C(=O)O)c1cc(C)c(C)cc1O. The zero-order valence-electron chi connectivity index (χ0n) is 9.24. The molecule has 3 heteroatoms. The minimum atomic E-state index is -0.893. The van der Waals surface area contributed by atoms with Gasteiger partial charge in [-0.3, -0.25) is 4.79 Å². The fourth-order valence-electron chi connectivity index (χ4n) is 1.63. The molecule has 3 nitrogen and oxygen atoms in total. The van der Waals surface area contributed by atoms with E-state index in [4.69, 9.17) is 5.11 Å². The number of carboxylic acid groups (broad SMARTS) is 1. The Morgan fingerprint density at radius 1 is 1.33 bits per heavy atom. The summed E-state index contributed by atoms with van der Waals surface area (Å²) in [5, 5.41) is 18.7. The Balaban J connectivity index is 3.24. The molecule has 0 heterocycles. The molecule has 15 heavy (non-hydrogen) atoms. The lowest BCUT2D eigenvalue weighted by Gasteiger charge is -2.14. The molecule has 0 aliphatic heterocycles. The Morgan fingerprint density at radius 3 is 2.33 bits per heavy atom. The smallest absolute Gasteiger partial charge is 0.311 e. The van der Waals surface area contributed by atoms with Gasteiger partial charge in [-0.15, -0.1) is 0 Å². The number of phenols is 1. The molecule has 2 N–H and O–H groups in total. The Morgan fingerprint density at radius 2 is 1.87 bits per heavy atom. The van der Waals surface area contributed by atoms with Crippen LogP contribution in [0.4, 0.5) is 0 Å². The third-order valence-corrected chi connectivity index (χ3v) is 2.72. The van der Waals surface area contributed by atoms with E-state index in [2.05, 4.69) is 0 Å². The molecule has 0 bridgehead atoms. The van der Waals surface area contributed by atoms with Crippen molar-refractivity contribution in [1.29, 1.82) is 0 Å². The van der Waals surface area contributed by atoms with Crippen LogP contribution in [-0.4, -0.2) is 16.2 Å². The number of benzene rings is 1. The van der Waals surface area contributed by atoms with Crippen molar-refractivity contribution < 1.29 is 15.0 Å². The van der Waals surface area contributed by atoms with E-state index in [-0.39, 0.29) is 5.75 Å². The molecule has 1 atom stereocenters. The van der Waals surface area contributed by atoms with Crippen LogP contribution in [0, 0.1) is 13.8 Å². The van der Waals surface area contributed by atoms with Gasteiger partial charge in [0.25, 0.3) is 0 Å². The van der Waals surface area contributed by atoms with Crippen molar-refractivity contribution in [2.24, 2.45) is 0 Å². The molecular weight excluding hydrogens is 192 g/mol. The van der Waals surface area contributed by atoms with Gasteiger partial charge in [0.15, 0.2) is 0 Å². The van der Waals surface area contributed by atoms with E-state index in [0.29, 0.717) is 12.0 Å². The molecule has 0 saturated heterocycles. The highest BCUT2D eigenvalue weighted by atomic mass is 16.4. The Bertz CT molecular complexity index is 383. The first-order valence-corrected chi connectivity index (χ1v) is 5.00. The summed E-state index contributed by atoms with van der Waals surface area (Å²) in [7, 11) is 0. The number of hydrogen-bond acceptors (Lipinski definition) is 2. The van der Waals surface area contributed by atoms with Gasteiger partial charge in [-0.25, -0.2) is 0 Å². The van der Waals surface area contributed by atoms with Crippen LogP contribution in [0.3, 0.4) is 0 Å². The minimum absolute atomic E-state index is 0.0763. The highest BCUT2D eigenvalue weighted by Crippen LogP contribution is 2.30. The average Bonchev–Trinajstić information content (AvgIpc) is 2.14. The lowest BCUT2D eigenvalue weighted by atomic mass is 9.93. The fraction of sp³-hybridized carbons (Fsp3) is 0.417. The molecule has 0 amide bonds.